The molecule has 0 aromatic heterocycles. The molecule has 21 heavy (non-hydrogen) atoms. The highest BCUT2D eigenvalue weighted by Crippen LogP contribution is 2.31. The predicted molar refractivity (Wildman–Crippen MR) is 76.9 cm³/mol. The Kier molecular flexibility index (Phi) is 7.39. The van der Waals surface area contributed by atoms with Crippen molar-refractivity contribution in [3.05, 3.63) is 0 Å². The molecule has 0 rings (SSSR count). The highest BCUT2D eigenvalue weighted by atomic mass is 16.6. The van der Waals surface area contributed by atoms with Crippen LogP contribution < -0.4 is 0 Å². The first-order valence-electron chi connectivity index (χ1n) is 7.13. The summed E-state index contributed by atoms with van der Waals surface area (Å²) in [6.45, 7) is 6.86. The summed E-state index contributed by atoms with van der Waals surface area (Å²) >= 11 is 0. The average Bonchev–Trinajstić information content (AvgIpc) is 2.29. The molecule has 0 heterocycles. The van der Waals surface area contributed by atoms with Crippen molar-refractivity contribution < 1.29 is 29.3 Å². The van der Waals surface area contributed by atoms with Crippen molar-refractivity contribution in [2.45, 2.75) is 71.8 Å². The fourth-order valence-corrected chi connectivity index (χ4v) is 1.90. The first-order valence-corrected chi connectivity index (χ1v) is 7.13. The van der Waals surface area contributed by atoms with Gasteiger partial charge >= 0.3 is 17.9 Å². The number of aliphatic carboxylic acids is 2. The molecule has 0 aromatic rings. The van der Waals surface area contributed by atoms with E-state index in [0.29, 0.717) is 19.3 Å². The van der Waals surface area contributed by atoms with Gasteiger partial charge in [0, 0.05) is 12.8 Å². The maximum atomic E-state index is 11.7. The smallest absolute Gasteiger partial charge is 0.309 e. The fraction of sp³-hybridized carbons (Fsp3) is 0.800. The van der Waals surface area contributed by atoms with Gasteiger partial charge in [0.25, 0.3) is 0 Å². The minimum atomic E-state index is -1.03. The lowest BCUT2D eigenvalue weighted by Crippen LogP contribution is -2.30. The molecule has 0 bridgehead atoms. The molecule has 6 heteroatoms. The summed E-state index contributed by atoms with van der Waals surface area (Å²) < 4.78 is 5.16. The zero-order valence-corrected chi connectivity index (χ0v) is 13.3. The van der Waals surface area contributed by atoms with Crippen molar-refractivity contribution in [2.75, 3.05) is 0 Å². The number of unbranched alkanes of at least 4 members (excludes halogenated alkanes) is 1. The molecular weight excluding hydrogens is 276 g/mol. The van der Waals surface area contributed by atoms with E-state index >= 15 is 0 Å². The summed E-state index contributed by atoms with van der Waals surface area (Å²) in [6.07, 6.45) is 1.54. The van der Waals surface area contributed by atoms with Crippen LogP contribution in [-0.4, -0.2) is 33.7 Å². The highest BCUT2D eigenvalue weighted by Gasteiger charge is 2.33. The maximum Gasteiger partial charge on any atom is 0.309 e. The van der Waals surface area contributed by atoms with Gasteiger partial charge in [-0.15, -0.1) is 0 Å². The molecule has 0 saturated heterocycles. The molecule has 0 spiro atoms. The summed E-state index contributed by atoms with van der Waals surface area (Å²) in [5, 5.41) is 17.9. The quantitative estimate of drug-likeness (QED) is 0.501. The van der Waals surface area contributed by atoms with E-state index in [1.165, 1.54) is 0 Å². The normalized spacial score (nSPS) is 14.3. The van der Waals surface area contributed by atoms with Gasteiger partial charge in [-0.1, -0.05) is 6.42 Å². The Morgan fingerprint density at radius 1 is 0.905 bits per heavy atom. The monoisotopic (exact) mass is 302 g/mol. The van der Waals surface area contributed by atoms with E-state index in [1.54, 1.807) is 27.7 Å². The SMILES string of the molecule is CC(C)(C)OC(=O)CCC(C)(CCCCC(=O)O)C(=O)O. The van der Waals surface area contributed by atoms with Crippen molar-refractivity contribution in [1.82, 2.24) is 0 Å². The van der Waals surface area contributed by atoms with Gasteiger partial charge in [0.2, 0.25) is 0 Å². The number of esters is 1. The van der Waals surface area contributed by atoms with Gasteiger partial charge in [-0.3, -0.25) is 14.4 Å². The predicted octanol–water partition coefficient (Wildman–Crippen LogP) is 2.84. The Morgan fingerprint density at radius 3 is 1.90 bits per heavy atom. The first-order chi connectivity index (χ1) is 9.46. The first kappa shape index (κ1) is 19.4. The highest BCUT2D eigenvalue weighted by molar-refractivity contribution is 5.76. The zero-order chi connectivity index (χ0) is 16.7. The van der Waals surface area contributed by atoms with Crippen LogP contribution in [0.3, 0.4) is 0 Å². The van der Waals surface area contributed by atoms with Crippen LogP contribution in [0.4, 0.5) is 0 Å². The number of carbonyl (C=O) groups is 3. The molecule has 122 valence electrons. The van der Waals surface area contributed by atoms with Crippen LogP contribution in [0.25, 0.3) is 0 Å². The number of carboxylic acid groups (broad SMARTS) is 2. The maximum absolute atomic E-state index is 11.7. The minimum absolute atomic E-state index is 0.0295. The number of hydrogen-bond donors (Lipinski definition) is 2. The molecule has 0 aliphatic carbocycles. The van der Waals surface area contributed by atoms with Crippen molar-refractivity contribution >= 4 is 17.9 Å². The van der Waals surface area contributed by atoms with Gasteiger partial charge in [0.1, 0.15) is 5.60 Å². The molecule has 0 aromatic carbocycles. The van der Waals surface area contributed by atoms with Crippen LogP contribution in [0.15, 0.2) is 0 Å². The minimum Gasteiger partial charge on any atom is -0.481 e. The van der Waals surface area contributed by atoms with E-state index in [2.05, 4.69) is 0 Å². The molecule has 0 amide bonds. The van der Waals surface area contributed by atoms with Gasteiger partial charge in [-0.2, -0.15) is 0 Å². The lowest BCUT2D eigenvalue weighted by atomic mass is 9.80. The number of ether oxygens (including phenoxy) is 1. The van der Waals surface area contributed by atoms with Crippen LogP contribution in [0.5, 0.6) is 0 Å². The van der Waals surface area contributed by atoms with Crippen LogP contribution in [-0.2, 0) is 19.1 Å². The van der Waals surface area contributed by atoms with Crippen LogP contribution in [0.1, 0.15) is 66.2 Å². The molecule has 0 aliphatic heterocycles. The third kappa shape index (κ3) is 9.05. The van der Waals surface area contributed by atoms with E-state index in [1.807, 2.05) is 0 Å². The molecule has 0 saturated carbocycles. The van der Waals surface area contributed by atoms with E-state index in [9.17, 15) is 19.5 Å². The van der Waals surface area contributed by atoms with Gasteiger partial charge < -0.3 is 14.9 Å². The van der Waals surface area contributed by atoms with Crippen LogP contribution >= 0.6 is 0 Å². The number of carbonyl (C=O) groups excluding carboxylic acids is 1. The van der Waals surface area contributed by atoms with E-state index in [0.717, 1.165) is 0 Å². The lowest BCUT2D eigenvalue weighted by molar-refractivity contribution is -0.157. The number of rotatable bonds is 9. The molecule has 0 fully saturated rings. The van der Waals surface area contributed by atoms with E-state index < -0.39 is 28.9 Å². The van der Waals surface area contributed by atoms with Gasteiger partial charge in [-0.05, 0) is 47.0 Å². The fourth-order valence-electron chi connectivity index (χ4n) is 1.90. The van der Waals surface area contributed by atoms with Gasteiger partial charge in [0.05, 0.1) is 5.41 Å². The lowest BCUT2D eigenvalue weighted by Gasteiger charge is -2.25. The van der Waals surface area contributed by atoms with E-state index in [-0.39, 0.29) is 19.3 Å². The van der Waals surface area contributed by atoms with Crippen LogP contribution in [0.2, 0.25) is 0 Å². The summed E-state index contributed by atoms with van der Waals surface area (Å²) in [6, 6.07) is 0. The summed E-state index contributed by atoms with van der Waals surface area (Å²) in [5.74, 6) is -2.28. The third-order valence-electron chi connectivity index (χ3n) is 3.19. The van der Waals surface area contributed by atoms with Crippen molar-refractivity contribution in [2.24, 2.45) is 5.41 Å². The average molecular weight is 302 g/mol. The summed E-state index contributed by atoms with van der Waals surface area (Å²) in [4.78, 5) is 33.5. The molecule has 0 radical (unpaired) electrons. The Balaban J connectivity index is 4.36. The van der Waals surface area contributed by atoms with Crippen molar-refractivity contribution in [1.29, 1.82) is 0 Å². The second-order valence-corrected chi connectivity index (χ2v) is 6.55. The summed E-state index contributed by atoms with van der Waals surface area (Å²) in [7, 11) is 0. The molecule has 6 nitrogen and oxygen atoms in total. The Bertz CT molecular complexity index is 382. The molecule has 2 N–H and O–H groups in total. The van der Waals surface area contributed by atoms with Crippen LogP contribution in [0, 0.1) is 5.41 Å². The summed E-state index contributed by atoms with van der Waals surface area (Å²) in [5.41, 5.74) is -1.62. The Morgan fingerprint density at radius 2 is 1.48 bits per heavy atom. The topological polar surface area (TPSA) is 101 Å². The largest absolute Gasteiger partial charge is 0.481 e. The Labute approximate surface area is 125 Å². The molecular formula is C15H26O6. The molecule has 1 unspecified atom stereocenters. The zero-order valence-electron chi connectivity index (χ0n) is 13.3. The van der Waals surface area contributed by atoms with Crippen molar-refractivity contribution in [3.8, 4) is 0 Å². The van der Waals surface area contributed by atoms with Crippen molar-refractivity contribution in [3.63, 3.8) is 0 Å². The van der Waals surface area contributed by atoms with E-state index in [4.69, 9.17) is 9.84 Å². The molecule has 0 aliphatic rings. The molecule has 1 atom stereocenters. The number of carboxylic acids is 2. The van der Waals surface area contributed by atoms with Gasteiger partial charge in [0.15, 0.2) is 0 Å². The number of hydrogen-bond acceptors (Lipinski definition) is 4. The standard InChI is InChI=1S/C15H26O6/c1-14(2,3)21-12(18)8-10-15(4,13(19)20)9-6-5-7-11(16)17/h5-10H2,1-4H3,(H,16,17)(H,19,20). The van der Waals surface area contributed by atoms with Gasteiger partial charge in [-0.25, -0.2) is 0 Å². The second-order valence-electron chi connectivity index (χ2n) is 6.55. The Hall–Kier alpha value is -1.59. The third-order valence-corrected chi connectivity index (χ3v) is 3.19. The second kappa shape index (κ2) is 8.00.